The molecule has 0 aliphatic heterocycles. The van der Waals surface area contributed by atoms with Crippen LogP contribution in [0.1, 0.15) is 39.5 Å². The third kappa shape index (κ3) is 4.41. The van der Waals surface area contributed by atoms with Crippen molar-refractivity contribution in [1.29, 1.82) is 0 Å². The van der Waals surface area contributed by atoms with Crippen LogP contribution in [-0.4, -0.2) is 5.91 Å². The molecule has 0 aliphatic carbocycles. The normalized spacial score (nSPS) is 10.7. The number of amides is 1. The summed E-state index contributed by atoms with van der Waals surface area (Å²) in [5, 5.41) is 2.78. The zero-order chi connectivity index (χ0) is 13.5. The maximum absolute atomic E-state index is 13.3. The maximum Gasteiger partial charge on any atom is 0.227 e. The molecule has 1 rings (SSSR count). The van der Waals surface area contributed by atoms with Crippen LogP contribution in [0, 0.1) is 11.7 Å². The summed E-state index contributed by atoms with van der Waals surface area (Å²) < 4.78 is 13.7. The first-order valence-electron chi connectivity index (χ1n) is 6.34. The van der Waals surface area contributed by atoms with Gasteiger partial charge in [0.05, 0.1) is 4.47 Å². The number of benzene rings is 1. The van der Waals surface area contributed by atoms with Gasteiger partial charge in [-0.25, -0.2) is 4.39 Å². The molecule has 0 saturated carbocycles. The lowest BCUT2D eigenvalue weighted by atomic mass is 9.97. The van der Waals surface area contributed by atoms with Crippen molar-refractivity contribution in [3.63, 3.8) is 0 Å². The van der Waals surface area contributed by atoms with Crippen molar-refractivity contribution in [3.8, 4) is 0 Å². The maximum atomic E-state index is 13.3. The van der Waals surface area contributed by atoms with Crippen molar-refractivity contribution >= 4 is 27.5 Å². The van der Waals surface area contributed by atoms with Gasteiger partial charge in [0, 0.05) is 11.6 Å². The number of hydrogen-bond acceptors (Lipinski definition) is 1. The third-order valence-electron chi connectivity index (χ3n) is 2.83. The van der Waals surface area contributed by atoms with E-state index in [4.69, 9.17) is 0 Å². The molecular weight excluding hydrogens is 297 g/mol. The summed E-state index contributed by atoms with van der Waals surface area (Å²) in [5.41, 5.74) is 0.512. The first kappa shape index (κ1) is 15.2. The summed E-state index contributed by atoms with van der Waals surface area (Å²) in [5.74, 6) is -0.359. The molecule has 0 unspecified atom stereocenters. The molecule has 0 bridgehead atoms. The predicted octanol–water partition coefficient (Wildman–Crippen LogP) is 4.74. The Morgan fingerprint density at radius 1 is 1.33 bits per heavy atom. The molecule has 1 aromatic rings. The molecule has 100 valence electrons. The van der Waals surface area contributed by atoms with Gasteiger partial charge in [-0.3, -0.25) is 4.79 Å². The number of carbonyl (C=O) groups excluding carboxylic acids is 1. The van der Waals surface area contributed by atoms with Crippen LogP contribution >= 0.6 is 15.9 Å². The van der Waals surface area contributed by atoms with Crippen molar-refractivity contribution in [2.24, 2.45) is 5.92 Å². The second kappa shape index (κ2) is 7.52. The van der Waals surface area contributed by atoms with Crippen LogP contribution in [0.4, 0.5) is 10.1 Å². The number of anilines is 1. The minimum Gasteiger partial charge on any atom is -0.326 e. The molecule has 18 heavy (non-hydrogen) atoms. The summed E-state index contributed by atoms with van der Waals surface area (Å²) in [6.45, 7) is 4.13. The molecule has 0 fully saturated rings. The summed E-state index contributed by atoms with van der Waals surface area (Å²) in [7, 11) is 0. The number of hydrogen-bond donors (Lipinski definition) is 1. The van der Waals surface area contributed by atoms with E-state index in [1.165, 1.54) is 6.07 Å². The van der Waals surface area contributed by atoms with Crippen molar-refractivity contribution in [2.75, 3.05) is 5.32 Å². The fourth-order valence-electron chi connectivity index (χ4n) is 1.92. The molecule has 1 aromatic carbocycles. The SMILES string of the molecule is CCCC(CCC)C(=O)Nc1ccc(Br)c(F)c1. The Morgan fingerprint density at radius 3 is 2.44 bits per heavy atom. The standard InChI is InChI=1S/C14H19BrFNO/c1-3-5-10(6-4-2)14(18)17-11-7-8-12(15)13(16)9-11/h7-10H,3-6H2,1-2H3,(H,17,18). The number of carbonyl (C=O) groups is 1. The van der Waals surface area contributed by atoms with Crippen LogP contribution in [0.2, 0.25) is 0 Å². The molecule has 1 N–H and O–H groups in total. The van der Waals surface area contributed by atoms with Gasteiger partial charge < -0.3 is 5.32 Å². The van der Waals surface area contributed by atoms with E-state index >= 15 is 0 Å². The van der Waals surface area contributed by atoms with Crippen LogP contribution in [0.5, 0.6) is 0 Å². The Hall–Kier alpha value is -0.900. The van der Waals surface area contributed by atoms with E-state index in [-0.39, 0.29) is 17.6 Å². The molecule has 0 radical (unpaired) electrons. The fourth-order valence-corrected chi connectivity index (χ4v) is 2.17. The Morgan fingerprint density at radius 2 is 1.94 bits per heavy atom. The van der Waals surface area contributed by atoms with Crippen molar-refractivity contribution in [2.45, 2.75) is 39.5 Å². The predicted molar refractivity (Wildman–Crippen MR) is 76.0 cm³/mol. The first-order valence-corrected chi connectivity index (χ1v) is 7.13. The van der Waals surface area contributed by atoms with Crippen LogP contribution in [0.15, 0.2) is 22.7 Å². The zero-order valence-corrected chi connectivity index (χ0v) is 12.4. The molecule has 2 nitrogen and oxygen atoms in total. The third-order valence-corrected chi connectivity index (χ3v) is 3.48. The largest absolute Gasteiger partial charge is 0.326 e. The molecule has 4 heteroatoms. The van der Waals surface area contributed by atoms with Crippen molar-refractivity contribution in [1.82, 2.24) is 0 Å². The molecule has 0 aliphatic rings. The highest BCUT2D eigenvalue weighted by atomic mass is 79.9. The number of rotatable bonds is 6. The van der Waals surface area contributed by atoms with Crippen LogP contribution in [0.3, 0.4) is 0 Å². The molecule has 0 aromatic heterocycles. The molecule has 1 amide bonds. The van der Waals surface area contributed by atoms with Crippen LogP contribution < -0.4 is 5.32 Å². The van der Waals surface area contributed by atoms with E-state index < -0.39 is 0 Å². The van der Waals surface area contributed by atoms with Gasteiger partial charge in [-0.05, 0) is 47.0 Å². The number of halogens is 2. The quantitative estimate of drug-likeness (QED) is 0.807. The van der Waals surface area contributed by atoms with E-state index in [9.17, 15) is 9.18 Å². The zero-order valence-electron chi connectivity index (χ0n) is 10.8. The highest BCUT2D eigenvalue weighted by Crippen LogP contribution is 2.21. The minimum atomic E-state index is -0.365. The fraction of sp³-hybridized carbons (Fsp3) is 0.500. The topological polar surface area (TPSA) is 29.1 Å². The lowest BCUT2D eigenvalue weighted by Gasteiger charge is -2.15. The Labute approximate surface area is 116 Å². The molecule has 0 atom stereocenters. The van der Waals surface area contributed by atoms with Gasteiger partial charge in [0.2, 0.25) is 5.91 Å². The van der Waals surface area contributed by atoms with Crippen molar-refractivity contribution in [3.05, 3.63) is 28.5 Å². The molecule has 0 heterocycles. The Bertz CT molecular complexity index is 403. The lowest BCUT2D eigenvalue weighted by molar-refractivity contribution is -0.120. The monoisotopic (exact) mass is 315 g/mol. The van der Waals surface area contributed by atoms with E-state index in [1.54, 1.807) is 12.1 Å². The van der Waals surface area contributed by atoms with Gasteiger partial charge in [0.25, 0.3) is 0 Å². The average Bonchev–Trinajstić information content (AvgIpc) is 2.33. The van der Waals surface area contributed by atoms with Crippen LogP contribution in [-0.2, 0) is 4.79 Å². The highest BCUT2D eigenvalue weighted by Gasteiger charge is 2.16. The number of nitrogens with one attached hydrogen (secondary N) is 1. The van der Waals surface area contributed by atoms with Gasteiger partial charge in [-0.15, -0.1) is 0 Å². The first-order chi connectivity index (χ1) is 8.58. The summed E-state index contributed by atoms with van der Waals surface area (Å²) in [6, 6.07) is 4.62. The van der Waals surface area contributed by atoms with E-state index in [0.29, 0.717) is 10.2 Å². The van der Waals surface area contributed by atoms with Gasteiger partial charge in [-0.1, -0.05) is 26.7 Å². The van der Waals surface area contributed by atoms with E-state index in [2.05, 4.69) is 35.1 Å². The van der Waals surface area contributed by atoms with Gasteiger partial charge in [0.15, 0.2) is 0 Å². The highest BCUT2D eigenvalue weighted by molar-refractivity contribution is 9.10. The summed E-state index contributed by atoms with van der Waals surface area (Å²) in [4.78, 5) is 12.0. The second-order valence-electron chi connectivity index (χ2n) is 4.39. The minimum absolute atomic E-state index is 0.0135. The average molecular weight is 316 g/mol. The van der Waals surface area contributed by atoms with E-state index in [0.717, 1.165) is 25.7 Å². The molecular formula is C14H19BrFNO. The molecule has 0 saturated heterocycles. The van der Waals surface area contributed by atoms with Crippen LogP contribution in [0.25, 0.3) is 0 Å². The summed E-state index contributed by atoms with van der Waals surface area (Å²) in [6.07, 6.45) is 3.71. The van der Waals surface area contributed by atoms with E-state index in [1.807, 2.05) is 0 Å². The smallest absolute Gasteiger partial charge is 0.227 e. The van der Waals surface area contributed by atoms with Gasteiger partial charge in [-0.2, -0.15) is 0 Å². The molecule has 0 spiro atoms. The second-order valence-corrected chi connectivity index (χ2v) is 5.25. The van der Waals surface area contributed by atoms with Gasteiger partial charge in [0.1, 0.15) is 5.82 Å². The van der Waals surface area contributed by atoms with Crippen molar-refractivity contribution < 1.29 is 9.18 Å². The van der Waals surface area contributed by atoms with Gasteiger partial charge >= 0.3 is 0 Å². The Kier molecular flexibility index (Phi) is 6.33. The summed E-state index contributed by atoms with van der Waals surface area (Å²) >= 11 is 3.09. The lowest BCUT2D eigenvalue weighted by Crippen LogP contribution is -2.22. The Balaban J connectivity index is 2.69.